The van der Waals surface area contributed by atoms with Crippen molar-refractivity contribution in [2.45, 2.75) is 26.3 Å². The molecule has 1 aromatic heterocycles. The van der Waals surface area contributed by atoms with E-state index in [0.717, 1.165) is 39.2 Å². The Labute approximate surface area is 147 Å². The highest BCUT2D eigenvalue weighted by molar-refractivity contribution is 6.21. The highest BCUT2D eigenvalue weighted by Crippen LogP contribution is 2.29. The molecule has 4 aromatic rings. The summed E-state index contributed by atoms with van der Waals surface area (Å²) in [6.07, 6.45) is 3.06. The average molecular weight is 327 g/mol. The van der Waals surface area contributed by atoms with Crippen LogP contribution in [0.25, 0.3) is 21.7 Å². The summed E-state index contributed by atoms with van der Waals surface area (Å²) in [5.41, 5.74) is 2.68. The van der Waals surface area contributed by atoms with Gasteiger partial charge >= 0.3 is 0 Å². The van der Waals surface area contributed by atoms with Crippen LogP contribution in [0.4, 0.5) is 0 Å². The number of hydrogen-bond donors (Lipinski definition) is 0. The highest BCUT2D eigenvalue weighted by atomic mass is 16.1. The molecule has 0 saturated carbocycles. The zero-order valence-electron chi connectivity index (χ0n) is 14.6. The van der Waals surface area contributed by atoms with Gasteiger partial charge in [-0.2, -0.15) is 0 Å². The fraction of sp³-hybridized carbons (Fsp3) is 0.174. The van der Waals surface area contributed by atoms with E-state index in [2.05, 4.69) is 36.6 Å². The summed E-state index contributed by atoms with van der Waals surface area (Å²) in [5.74, 6) is 0.0926. The molecule has 1 unspecified atom stereocenters. The maximum Gasteiger partial charge on any atom is 0.195 e. The number of nitrogens with zero attached hydrogens (tertiary/aromatic N) is 1. The van der Waals surface area contributed by atoms with Gasteiger partial charge in [0.15, 0.2) is 5.78 Å². The first-order valence-corrected chi connectivity index (χ1v) is 8.82. The van der Waals surface area contributed by atoms with E-state index in [1.54, 1.807) is 0 Å². The Morgan fingerprint density at radius 3 is 2.36 bits per heavy atom. The van der Waals surface area contributed by atoms with Crippen molar-refractivity contribution in [1.29, 1.82) is 0 Å². The molecule has 0 radical (unpaired) electrons. The number of rotatable bonds is 4. The van der Waals surface area contributed by atoms with Crippen LogP contribution in [-0.4, -0.2) is 10.4 Å². The first-order chi connectivity index (χ1) is 12.2. The van der Waals surface area contributed by atoms with Crippen LogP contribution in [0.5, 0.6) is 0 Å². The fourth-order valence-corrected chi connectivity index (χ4v) is 3.52. The maximum atomic E-state index is 13.4. The summed E-state index contributed by atoms with van der Waals surface area (Å²) in [7, 11) is 0. The number of benzene rings is 3. The normalized spacial score (nSPS) is 12.6. The van der Waals surface area contributed by atoms with Gasteiger partial charge in [-0.15, -0.1) is 0 Å². The number of ketones is 1. The summed E-state index contributed by atoms with van der Waals surface area (Å²) in [5, 5.41) is 3.13. The van der Waals surface area contributed by atoms with Crippen LogP contribution in [0, 0.1) is 0 Å². The van der Waals surface area contributed by atoms with E-state index < -0.39 is 0 Å². The maximum absolute atomic E-state index is 13.4. The Hall–Kier alpha value is -2.87. The monoisotopic (exact) mass is 327 g/mol. The minimum Gasteiger partial charge on any atom is -0.344 e. The molecular weight excluding hydrogens is 306 g/mol. The second kappa shape index (κ2) is 6.21. The first-order valence-electron chi connectivity index (χ1n) is 8.82. The molecule has 0 saturated heterocycles. The van der Waals surface area contributed by atoms with Crippen molar-refractivity contribution in [3.63, 3.8) is 0 Å². The SMILES string of the molecule is CCC(C)n1cc(C(=O)c2cccc3ccccc23)c2ccccc21. The van der Waals surface area contributed by atoms with Crippen LogP contribution in [0.15, 0.2) is 72.9 Å². The summed E-state index contributed by atoms with van der Waals surface area (Å²) in [4.78, 5) is 13.4. The molecule has 3 aromatic carbocycles. The summed E-state index contributed by atoms with van der Waals surface area (Å²) < 4.78 is 2.23. The molecular formula is C23H21NO. The van der Waals surface area contributed by atoms with Crippen molar-refractivity contribution in [3.05, 3.63) is 84.1 Å². The van der Waals surface area contributed by atoms with Crippen LogP contribution in [0.2, 0.25) is 0 Å². The van der Waals surface area contributed by atoms with Gasteiger partial charge in [0.2, 0.25) is 0 Å². The number of para-hydroxylation sites is 1. The van der Waals surface area contributed by atoms with Crippen LogP contribution in [0.1, 0.15) is 42.2 Å². The van der Waals surface area contributed by atoms with Gasteiger partial charge in [-0.05, 0) is 30.2 Å². The topological polar surface area (TPSA) is 22.0 Å². The Bertz CT molecular complexity index is 1070. The van der Waals surface area contributed by atoms with E-state index in [1.165, 1.54) is 0 Å². The predicted octanol–water partition coefficient (Wildman–Crippen LogP) is 6.00. The molecule has 0 aliphatic heterocycles. The fourth-order valence-electron chi connectivity index (χ4n) is 3.52. The predicted molar refractivity (Wildman–Crippen MR) is 104 cm³/mol. The molecule has 0 N–H and O–H groups in total. The lowest BCUT2D eigenvalue weighted by atomic mass is 9.97. The molecule has 2 heteroatoms. The molecule has 0 aliphatic carbocycles. The van der Waals surface area contributed by atoms with Crippen molar-refractivity contribution >= 4 is 27.5 Å². The first kappa shape index (κ1) is 15.6. The van der Waals surface area contributed by atoms with Gasteiger partial charge in [0, 0.05) is 34.3 Å². The highest BCUT2D eigenvalue weighted by Gasteiger charge is 2.19. The quantitative estimate of drug-likeness (QED) is 0.422. The van der Waals surface area contributed by atoms with E-state index in [-0.39, 0.29) is 5.78 Å². The van der Waals surface area contributed by atoms with E-state index in [0.29, 0.717) is 6.04 Å². The molecule has 0 bridgehead atoms. The van der Waals surface area contributed by atoms with E-state index in [4.69, 9.17) is 0 Å². The smallest absolute Gasteiger partial charge is 0.195 e. The minimum absolute atomic E-state index is 0.0926. The van der Waals surface area contributed by atoms with Crippen LogP contribution in [-0.2, 0) is 0 Å². The largest absolute Gasteiger partial charge is 0.344 e. The zero-order valence-corrected chi connectivity index (χ0v) is 14.6. The average Bonchev–Trinajstić information content (AvgIpc) is 3.06. The van der Waals surface area contributed by atoms with Gasteiger partial charge in [0.25, 0.3) is 0 Å². The van der Waals surface area contributed by atoms with Crippen molar-refractivity contribution in [3.8, 4) is 0 Å². The second-order valence-corrected chi connectivity index (χ2v) is 6.58. The Kier molecular flexibility index (Phi) is 3.89. The van der Waals surface area contributed by atoms with Crippen molar-refractivity contribution in [2.24, 2.45) is 0 Å². The van der Waals surface area contributed by atoms with Crippen molar-refractivity contribution < 1.29 is 4.79 Å². The van der Waals surface area contributed by atoms with Crippen molar-refractivity contribution in [1.82, 2.24) is 4.57 Å². The molecule has 0 amide bonds. The molecule has 4 rings (SSSR count). The summed E-state index contributed by atoms with van der Waals surface area (Å²) in [6.45, 7) is 4.37. The second-order valence-electron chi connectivity index (χ2n) is 6.58. The number of carbonyl (C=O) groups is 1. The standard InChI is InChI=1S/C23H21NO/c1-3-16(2)24-15-21(19-12-6-7-14-22(19)24)23(25)20-13-8-10-17-9-4-5-11-18(17)20/h4-16H,3H2,1-2H3. The number of carbonyl (C=O) groups excluding carboxylic acids is 1. The van der Waals surface area contributed by atoms with Gasteiger partial charge in [-0.1, -0.05) is 67.6 Å². The molecule has 0 aliphatic rings. The Morgan fingerprint density at radius 1 is 0.880 bits per heavy atom. The third-order valence-electron chi connectivity index (χ3n) is 5.09. The Balaban J connectivity index is 1.94. The number of fused-ring (bicyclic) bond motifs is 2. The zero-order chi connectivity index (χ0) is 17.4. The van der Waals surface area contributed by atoms with Gasteiger partial charge in [-0.3, -0.25) is 4.79 Å². The molecule has 25 heavy (non-hydrogen) atoms. The van der Waals surface area contributed by atoms with E-state index >= 15 is 0 Å². The van der Waals surface area contributed by atoms with Crippen molar-refractivity contribution in [2.75, 3.05) is 0 Å². The third kappa shape index (κ3) is 2.54. The number of hydrogen-bond acceptors (Lipinski definition) is 1. The lowest BCUT2D eigenvalue weighted by molar-refractivity contribution is 0.104. The van der Waals surface area contributed by atoms with Gasteiger partial charge in [0.05, 0.1) is 0 Å². The van der Waals surface area contributed by atoms with Crippen LogP contribution >= 0.6 is 0 Å². The minimum atomic E-state index is 0.0926. The lowest BCUT2D eigenvalue weighted by Gasteiger charge is -2.12. The van der Waals surface area contributed by atoms with E-state index in [9.17, 15) is 4.79 Å². The molecule has 124 valence electrons. The molecule has 1 atom stereocenters. The van der Waals surface area contributed by atoms with Crippen LogP contribution < -0.4 is 0 Å². The molecule has 1 heterocycles. The number of aromatic nitrogens is 1. The van der Waals surface area contributed by atoms with Crippen LogP contribution in [0.3, 0.4) is 0 Å². The summed E-state index contributed by atoms with van der Waals surface area (Å²) in [6, 6.07) is 22.6. The molecule has 2 nitrogen and oxygen atoms in total. The third-order valence-corrected chi connectivity index (χ3v) is 5.09. The molecule has 0 fully saturated rings. The van der Waals surface area contributed by atoms with Gasteiger partial charge in [-0.25, -0.2) is 0 Å². The van der Waals surface area contributed by atoms with E-state index in [1.807, 2.05) is 54.7 Å². The Morgan fingerprint density at radius 2 is 1.56 bits per heavy atom. The van der Waals surface area contributed by atoms with Gasteiger partial charge in [0.1, 0.15) is 0 Å². The molecule has 0 spiro atoms. The summed E-state index contributed by atoms with van der Waals surface area (Å²) >= 11 is 0. The lowest BCUT2D eigenvalue weighted by Crippen LogP contribution is -2.03. The van der Waals surface area contributed by atoms with Gasteiger partial charge < -0.3 is 4.57 Å².